The van der Waals surface area contributed by atoms with E-state index in [-0.39, 0.29) is 11.5 Å². The zero-order valence-electron chi connectivity index (χ0n) is 12.0. The third-order valence-corrected chi connectivity index (χ3v) is 4.31. The number of nitrogens with one attached hydrogen (secondary N) is 2. The van der Waals surface area contributed by atoms with E-state index in [0.717, 1.165) is 44.5 Å². The summed E-state index contributed by atoms with van der Waals surface area (Å²) in [5.74, 6) is 0.0282. The Morgan fingerprint density at radius 1 is 1.50 bits per heavy atom. The summed E-state index contributed by atoms with van der Waals surface area (Å²) in [4.78, 5) is 12.4. The monoisotopic (exact) mass is 274 g/mol. The molecule has 1 fully saturated rings. The maximum Gasteiger partial charge on any atom is 0.251 e. The summed E-state index contributed by atoms with van der Waals surface area (Å²) in [6, 6.07) is 5.99. The molecule has 20 heavy (non-hydrogen) atoms. The molecular formula is C16H22N2O2. The molecule has 2 heterocycles. The second kappa shape index (κ2) is 5.54. The van der Waals surface area contributed by atoms with E-state index in [4.69, 9.17) is 4.74 Å². The Hall–Kier alpha value is -1.39. The Labute approximate surface area is 119 Å². The van der Waals surface area contributed by atoms with Gasteiger partial charge in [0.05, 0.1) is 5.60 Å². The van der Waals surface area contributed by atoms with Crippen LogP contribution in [0.4, 0.5) is 0 Å². The van der Waals surface area contributed by atoms with Crippen molar-refractivity contribution in [3.63, 3.8) is 0 Å². The van der Waals surface area contributed by atoms with Crippen molar-refractivity contribution in [2.24, 2.45) is 0 Å². The summed E-state index contributed by atoms with van der Waals surface area (Å²) >= 11 is 0. The fraction of sp³-hybridized carbons (Fsp3) is 0.562. The number of ether oxygens (including phenoxy) is 1. The SMILES string of the molecule is CC1(CNC(=O)c2cccc3c2CCNC3)CCCO1. The summed E-state index contributed by atoms with van der Waals surface area (Å²) in [6.07, 6.45) is 3.02. The molecule has 1 aromatic carbocycles. The number of carbonyl (C=O) groups excluding carboxylic acids is 1. The lowest BCUT2D eigenvalue weighted by atomic mass is 9.95. The smallest absolute Gasteiger partial charge is 0.251 e. The minimum atomic E-state index is -0.188. The van der Waals surface area contributed by atoms with Crippen LogP contribution in [0.1, 0.15) is 41.3 Å². The largest absolute Gasteiger partial charge is 0.373 e. The number of amides is 1. The van der Waals surface area contributed by atoms with E-state index in [9.17, 15) is 4.79 Å². The number of carbonyl (C=O) groups is 1. The van der Waals surface area contributed by atoms with E-state index >= 15 is 0 Å². The number of benzene rings is 1. The Bertz CT molecular complexity index is 507. The van der Waals surface area contributed by atoms with E-state index in [2.05, 4.69) is 23.6 Å². The van der Waals surface area contributed by atoms with Gasteiger partial charge in [-0.15, -0.1) is 0 Å². The zero-order valence-corrected chi connectivity index (χ0v) is 12.0. The number of fused-ring (bicyclic) bond motifs is 1. The number of hydrogen-bond donors (Lipinski definition) is 2. The van der Waals surface area contributed by atoms with Crippen molar-refractivity contribution in [1.82, 2.24) is 10.6 Å². The number of rotatable bonds is 3. The molecule has 1 saturated heterocycles. The van der Waals surface area contributed by atoms with Crippen LogP contribution in [0.3, 0.4) is 0 Å². The third-order valence-electron chi connectivity index (χ3n) is 4.31. The molecular weight excluding hydrogens is 252 g/mol. The van der Waals surface area contributed by atoms with Gasteiger partial charge in [0.25, 0.3) is 5.91 Å². The summed E-state index contributed by atoms with van der Waals surface area (Å²) < 4.78 is 5.71. The van der Waals surface area contributed by atoms with Gasteiger partial charge in [0.15, 0.2) is 0 Å². The van der Waals surface area contributed by atoms with Crippen LogP contribution in [0.15, 0.2) is 18.2 Å². The minimum Gasteiger partial charge on any atom is -0.373 e. The maximum absolute atomic E-state index is 12.4. The molecule has 3 rings (SSSR count). The molecule has 1 unspecified atom stereocenters. The highest BCUT2D eigenvalue weighted by molar-refractivity contribution is 5.96. The molecule has 4 heteroatoms. The Morgan fingerprint density at radius 2 is 2.40 bits per heavy atom. The average molecular weight is 274 g/mol. The van der Waals surface area contributed by atoms with Crippen molar-refractivity contribution in [3.05, 3.63) is 34.9 Å². The average Bonchev–Trinajstić information content (AvgIpc) is 2.91. The maximum atomic E-state index is 12.4. The van der Waals surface area contributed by atoms with Crippen molar-refractivity contribution in [3.8, 4) is 0 Å². The van der Waals surface area contributed by atoms with Crippen molar-refractivity contribution >= 4 is 5.91 Å². The normalized spacial score (nSPS) is 25.2. The third kappa shape index (κ3) is 2.72. The van der Waals surface area contributed by atoms with Crippen LogP contribution in [0.5, 0.6) is 0 Å². The quantitative estimate of drug-likeness (QED) is 0.881. The van der Waals surface area contributed by atoms with Gasteiger partial charge in [-0.25, -0.2) is 0 Å². The summed E-state index contributed by atoms with van der Waals surface area (Å²) in [5, 5.41) is 6.39. The highest BCUT2D eigenvalue weighted by Crippen LogP contribution is 2.24. The molecule has 108 valence electrons. The molecule has 1 aromatic rings. The van der Waals surface area contributed by atoms with Gasteiger partial charge in [0.2, 0.25) is 0 Å². The first kappa shape index (κ1) is 13.6. The van der Waals surface area contributed by atoms with E-state index in [1.54, 1.807) is 0 Å². The first-order valence-electron chi connectivity index (χ1n) is 7.42. The van der Waals surface area contributed by atoms with Crippen molar-refractivity contribution in [2.75, 3.05) is 19.7 Å². The van der Waals surface area contributed by atoms with E-state index in [1.165, 1.54) is 11.1 Å². The lowest BCUT2D eigenvalue weighted by molar-refractivity contribution is 0.0206. The molecule has 0 bridgehead atoms. The van der Waals surface area contributed by atoms with Crippen molar-refractivity contribution < 1.29 is 9.53 Å². The van der Waals surface area contributed by atoms with Gasteiger partial charge in [-0.05, 0) is 49.9 Å². The fourth-order valence-electron chi connectivity index (χ4n) is 3.08. The van der Waals surface area contributed by atoms with Crippen molar-refractivity contribution in [1.29, 1.82) is 0 Å². The van der Waals surface area contributed by atoms with Crippen LogP contribution in [-0.4, -0.2) is 31.2 Å². The van der Waals surface area contributed by atoms with Crippen LogP contribution in [0.25, 0.3) is 0 Å². The molecule has 0 spiro atoms. The topological polar surface area (TPSA) is 50.4 Å². The Balaban J connectivity index is 1.71. The predicted octanol–water partition coefficient (Wildman–Crippen LogP) is 1.63. The highest BCUT2D eigenvalue weighted by Gasteiger charge is 2.30. The van der Waals surface area contributed by atoms with Crippen LogP contribution in [-0.2, 0) is 17.7 Å². The molecule has 1 amide bonds. The van der Waals surface area contributed by atoms with E-state index < -0.39 is 0 Å². The molecule has 0 radical (unpaired) electrons. The second-order valence-electron chi connectivity index (χ2n) is 5.95. The van der Waals surface area contributed by atoms with E-state index in [1.807, 2.05) is 12.1 Å². The summed E-state index contributed by atoms with van der Waals surface area (Å²) in [6.45, 7) is 5.27. The molecule has 2 N–H and O–H groups in total. The van der Waals surface area contributed by atoms with Gasteiger partial charge in [-0.2, -0.15) is 0 Å². The van der Waals surface area contributed by atoms with Gasteiger partial charge < -0.3 is 15.4 Å². The molecule has 4 nitrogen and oxygen atoms in total. The van der Waals surface area contributed by atoms with Crippen LogP contribution >= 0.6 is 0 Å². The first-order valence-corrected chi connectivity index (χ1v) is 7.42. The molecule has 2 aliphatic rings. The minimum absolute atomic E-state index is 0.0282. The molecule has 0 saturated carbocycles. The Kier molecular flexibility index (Phi) is 3.76. The lowest BCUT2D eigenvalue weighted by Gasteiger charge is -2.24. The standard InChI is InChI=1S/C16H22N2O2/c1-16(7-3-9-20-16)11-18-15(19)14-5-2-4-12-10-17-8-6-13(12)14/h2,4-5,17H,3,6-11H2,1H3,(H,18,19). The predicted molar refractivity (Wildman–Crippen MR) is 77.8 cm³/mol. The molecule has 1 atom stereocenters. The highest BCUT2D eigenvalue weighted by atomic mass is 16.5. The fourth-order valence-corrected chi connectivity index (χ4v) is 3.08. The molecule has 2 aliphatic heterocycles. The van der Waals surface area contributed by atoms with Crippen LogP contribution in [0.2, 0.25) is 0 Å². The van der Waals surface area contributed by atoms with Gasteiger partial charge >= 0.3 is 0 Å². The van der Waals surface area contributed by atoms with E-state index in [0.29, 0.717) is 6.54 Å². The lowest BCUT2D eigenvalue weighted by Crippen LogP contribution is -2.40. The van der Waals surface area contributed by atoms with Gasteiger partial charge in [0, 0.05) is 25.3 Å². The van der Waals surface area contributed by atoms with Gasteiger partial charge in [0.1, 0.15) is 0 Å². The second-order valence-corrected chi connectivity index (χ2v) is 5.95. The van der Waals surface area contributed by atoms with Crippen LogP contribution in [0, 0.1) is 0 Å². The molecule has 0 aliphatic carbocycles. The van der Waals surface area contributed by atoms with Crippen LogP contribution < -0.4 is 10.6 Å². The molecule has 0 aromatic heterocycles. The Morgan fingerprint density at radius 3 is 3.20 bits per heavy atom. The number of hydrogen-bond acceptors (Lipinski definition) is 3. The van der Waals surface area contributed by atoms with Crippen molar-refractivity contribution in [2.45, 2.75) is 38.3 Å². The van der Waals surface area contributed by atoms with Gasteiger partial charge in [-0.3, -0.25) is 4.79 Å². The summed E-state index contributed by atoms with van der Waals surface area (Å²) in [5.41, 5.74) is 3.07. The first-order chi connectivity index (χ1) is 9.68. The van der Waals surface area contributed by atoms with Gasteiger partial charge in [-0.1, -0.05) is 12.1 Å². The zero-order chi connectivity index (χ0) is 14.0. The summed E-state index contributed by atoms with van der Waals surface area (Å²) in [7, 11) is 0.